The highest BCUT2D eigenvalue weighted by Gasteiger charge is 2.00. The van der Waals surface area contributed by atoms with Crippen molar-refractivity contribution < 1.29 is 4.21 Å². The molecule has 0 aliphatic heterocycles. The maximum Gasteiger partial charge on any atom is 0.0529 e. The Morgan fingerprint density at radius 3 is 2.50 bits per heavy atom. The van der Waals surface area contributed by atoms with Gasteiger partial charge in [0.1, 0.15) is 0 Å². The van der Waals surface area contributed by atoms with Crippen LogP contribution in [0, 0.1) is 0 Å². The Hall–Kier alpha value is 0.1000. The van der Waals surface area contributed by atoms with Crippen LogP contribution in [0.1, 0.15) is 6.42 Å². The summed E-state index contributed by atoms with van der Waals surface area (Å²) in [5.74, 6) is 0.785. The van der Waals surface area contributed by atoms with Gasteiger partial charge in [0.2, 0.25) is 0 Å². The van der Waals surface area contributed by atoms with Gasteiger partial charge in [-0.3, -0.25) is 4.21 Å². The fourth-order valence-corrected chi connectivity index (χ4v) is 2.88. The molecule has 0 N–H and O–H groups in total. The molecule has 66 valence electrons. The van der Waals surface area contributed by atoms with Gasteiger partial charge in [-0.05, 0) is 18.6 Å². The molecule has 0 radical (unpaired) electrons. The molecule has 0 fully saturated rings. The molecular weight excluding hydrogens is 283 g/mol. The van der Waals surface area contributed by atoms with Gasteiger partial charge >= 0.3 is 0 Å². The second-order valence-corrected chi connectivity index (χ2v) is 5.05. The fourth-order valence-electron chi connectivity index (χ4n) is 0.876. The number of hydrogen-bond acceptors (Lipinski definition) is 1. The Morgan fingerprint density at radius 2 is 1.92 bits per heavy atom. The normalized spacial score (nSPS) is 12.8. The first-order chi connectivity index (χ1) is 5.84. The van der Waals surface area contributed by atoms with Crippen LogP contribution >= 0.6 is 22.6 Å². The minimum atomic E-state index is -0.788. The second kappa shape index (κ2) is 5.70. The summed E-state index contributed by atoms with van der Waals surface area (Å²) in [4.78, 5) is 0.947. The lowest BCUT2D eigenvalue weighted by Crippen LogP contribution is -1.97. The standard InChI is InChI=1S/C9H11IOS/c10-7-4-8-12(11)9-5-2-1-3-6-9/h1-3,5-6H,4,7-8H2. The molecule has 0 aromatic heterocycles. The molecule has 0 bridgehead atoms. The van der Waals surface area contributed by atoms with Crippen molar-refractivity contribution in [2.75, 3.05) is 10.2 Å². The van der Waals surface area contributed by atoms with Crippen LogP contribution in [0.2, 0.25) is 0 Å². The van der Waals surface area contributed by atoms with Crippen LogP contribution in [0.25, 0.3) is 0 Å². The van der Waals surface area contributed by atoms with E-state index in [0.717, 1.165) is 21.5 Å². The Balaban J connectivity index is 2.54. The summed E-state index contributed by atoms with van der Waals surface area (Å²) in [6.07, 6.45) is 1.03. The Bertz CT molecular complexity index is 248. The average molecular weight is 294 g/mol. The first-order valence-electron chi connectivity index (χ1n) is 3.84. The van der Waals surface area contributed by atoms with Gasteiger partial charge < -0.3 is 0 Å². The number of rotatable bonds is 4. The van der Waals surface area contributed by atoms with Gasteiger partial charge in [-0.25, -0.2) is 0 Å². The van der Waals surface area contributed by atoms with Gasteiger partial charge in [0, 0.05) is 15.1 Å². The molecule has 1 atom stereocenters. The maximum atomic E-state index is 11.5. The van der Waals surface area contributed by atoms with Crippen molar-refractivity contribution in [3.05, 3.63) is 30.3 Å². The summed E-state index contributed by atoms with van der Waals surface area (Å²) in [7, 11) is -0.788. The highest BCUT2D eigenvalue weighted by atomic mass is 127. The van der Waals surface area contributed by atoms with E-state index in [9.17, 15) is 4.21 Å². The van der Waals surface area contributed by atoms with Crippen molar-refractivity contribution in [2.24, 2.45) is 0 Å². The zero-order valence-electron chi connectivity index (χ0n) is 6.70. The van der Waals surface area contributed by atoms with Crippen molar-refractivity contribution >= 4 is 33.4 Å². The molecule has 0 heterocycles. The van der Waals surface area contributed by atoms with Crippen molar-refractivity contribution in [2.45, 2.75) is 11.3 Å². The number of hydrogen-bond donors (Lipinski definition) is 0. The molecule has 1 nitrogen and oxygen atoms in total. The molecular formula is C9H11IOS. The van der Waals surface area contributed by atoms with Crippen molar-refractivity contribution in [1.29, 1.82) is 0 Å². The predicted octanol–water partition coefficient (Wildman–Crippen LogP) is 2.62. The van der Waals surface area contributed by atoms with Gasteiger partial charge in [-0.15, -0.1) is 0 Å². The lowest BCUT2D eigenvalue weighted by atomic mass is 10.4. The number of alkyl halides is 1. The first kappa shape index (κ1) is 10.2. The zero-order valence-corrected chi connectivity index (χ0v) is 9.68. The molecule has 1 aromatic rings. The highest BCUT2D eigenvalue weighted by molar-refractivity contribution is 14.1. The van der Waals surface area contributed by atoms with E-state index in [1.807, 2.05) is 30.3 Å². The van der Waals surface area contributed by atoms with Gasteiger partial charge in [0.15, 0.2) is 0 Å². The molecule has 1 rings (SSSR count). The van der Waals surface area contributed by atoms with E-state index < -0.39 is 10.8 Å². The van der Waals surface area contributed by atoms with Crippen LogP contribution in [-0.4, -0.2) is 14.4 Å². The Kier molecular flexibility index (Phi) is 4.83. The van der Waals surface area contributed by atoms with Gasteiger partial charge in [0.05, 0.1) is 10.8 Å². The summed E-state index contributed by atoms with van der Waals surface area (Å²) < 4.78 is 12.6. The third-order valence-electron chi connectivity index (χ3n) is 1.47. The minimum Gasteiger partial charge on any atom is -0.254 e. The third-order valence-corrected chi connectivity index (χ3v) is 3.69. The van der Waals surface area contributed by atoms with Crippen LogP contribution in [0.5, 0.6) is 0 Å². The summed E-state index contributed by atoms with van der Waals surface area (Å²) in [5, 5.41) is 0. The molecule has 0 saturated heterocycles. The number of benzene rings is 1. The monoisotopic (exact) mass is 294 g/mol. The quantitative estimate of drug-likeness (QED) is 0.616. The van der Waals surface area contributed by atoms with Crippen LogP contribution < -0.4 is 0 Å². The molecule has 0 aliphatic rings. The first-order valence-corrected chi connectivity index (χ1v) is 6.68. The maximum absolute atomic E-state index is 11.5. The molecule has 0 spiro atoms. The van der Waals surface area contributed by atoms with Gasteiger partial charge in [0.25, 0.3) is 0 Å². The molecule has 0 saturated carbocycles. The summed E-state index contributed by atoms with van der Waals surface area (Å²) >= 11 is 2.31. The van der Waals surface area contributed by atoms with E-state index in [1.165, 1.54) is 0 Å². The number of halogens is 1. The van der Waals surface area contributed by atoms with E-state index >= 15 is 0 Å². The lowest BCUT2D eigenvalue weighted by molar-refractivity contribution is 0.682. The van der Waals surface area contributed by atoms with Crippen molar-refractivity contribution in [3.8, 4) is 0 Å². The Labute approximate surface area is 89.2 Å². The molecule has 1 aromatic carbocycles. The molecule has 1 unspecified atom stereocenters. The summed E-state index contributed by atoms with van der Waals surface area (Å²) in [6.45, 7) is 0. The lowest BCUT2D eigenvalue weighted by Gasteiger charge is -1.98. The van der Waals surface area contributed by atoms with E-state index in [-0.39, 0.29) is 0 Å². The van der Waals surface area contributed by atoms with Gasteiger partial charge in [-0.1, -0.05) is 40.8 Å². The van der Waals surface area contributed by atoms with E-state index in [1.54, 1.807) is 0 Å². The van der Waals surface area contributed by atoms with Crippen molar-refractivity contribution in [3.63, 3.8) is 0 Å². The van der Waals surface area contributed by atoms with Crippen molar-refractivity contribution in [1.82, 2.24) is 0 Å². The van der Waals surface area contributed by atoms with Crippen LogP contribution in [0.3, 0.4) is 0 Å². The Morgan fingerprint density at radius 1 is 1.25 bits per heavy atom. The minimum absolute atomic E-state index is 0.785. The van der Waals surface area contributed by atoms with Crippen LogP contribution in [0.15, 0.2) is 35.2 Å². The smallest absolute Gasteiger partial charge is 0.0529 e. The largest absolute Gasteiger partial charge is 0.254 e. The third kappa shape index (κ3) is 3.23. The molecule has 0 amide bonds. The summed E-state index contributed by atoms with van der Waals surface area (Å²) in [6, 6.07) is 9.64. The fraction of sp³-hybridized carbons (Fsp3) is 0.333. The average Bonchev–Trinajstić information content (AvgIpc) is 2.15. The molecule has 3 heteroatoms. The second-order valence-electron chi connectivity index (χ2n) is 2.41. The summed E-state index contributed by atoms with van der Waals surface area (Å²) in [5.41, 5.74) is 0. The topological polar surface area (TPSA) is 17.1 Å². The zero-order chi connectivity index (χ0) is 8.81. The SMILES string of the molecule is O=S(CCCI)c1ccccc1. The van der Waals surface area contributed by atoms with E-state index in [4.69, 9.17) is 0 Å². The van der Waals surface area contributed by atoms with Crippen LogP contribution in [-0.2, 0) is 10.8 Å². The predicted molar refractivity (Wildman–Crippen MR) is 61.2 cm³/mol. The molecule has 0 aliphatic carbocycles. The van der Waals surface area contributed by atoms with Crippen LogP contribution in [0.4, 0.5) is 0 Å². The van der Waals surface area contributed by atoms with Gasteiger partial charge in [-0.2, -0.15) is 0 Å². The molecule has 12 heavy (non-hydrogen) atoms. The van der Waals surface area contributed by atoms with E-state index in [2.05, 4.69) is 22.6 Å². The van der Waals surface area contributed by atoms with E-state index in [0.29, 0.717) is 0 Å². The highest BCUT2D eigenvalue weighted by Crippen LogP contribution is 2.06.